The molecule has 0 radical (unpaired) electrons. The number of urea groups is 1. The summed E-state index contributed by atoms with van der Waals surface area (Å²) < 4.78 is 0. The number of rotatable bonds is 4. The van der Waals surface area contributed by atoms with Crippen LogP contribution in [0.1, 0.15) is 32.6 Å². The number of aliphatic carboxylic acids is 1. The molecule has 20 heavy (non-hydrogen) atoms. The highest BCUT2D eigenvalue weighted by atomic mass is 16.4. The Hall–Kier alpha value is -1.79. The van der Waals surface area contributed by atoms with E-state index in [-0.39, 0.29) is 30.4 Å². The summed E-state index contributed by atoms with van der Waals surface area (Å²) in [6, 6.07) is -0.276. The van der Waals surface area contributed by atoms with Crippen LogP contribution in [0.2, 0.25) is 0 Å². The molecule has 1 aliphatic carbocycles. The molecule has 1 saturated heterocycles. The van der Waals surface area contributed by atoms with Gasteiger partial charge in [-0.2, -0.15) is 0 Å². The first-order valence-electron chi connectivity index (χ1n) is 6.93. The van der Waals surface area contributed by atoms with E-state index < -0.39 is 11.4 Å². The van der Waals surface area contributed by atoms with E-state index in [0.29, 0.717) is 25.8 Å². The number of hydrogen-bond donors (Lipinski definition) is 3. The molecule has 0 aromatic heterocycles. The molecule has 7 heteroatoms. The average Bonchev–Trinajstić information content (AvgIpc) is 3.17. The van der Waals surface area contributed by atoms with Gasteiger partial charge in [-0.15, -0.1) is 0 Å². The number of carboxylic acid groups (broad SMARTS) is 1. The van der Waals surface area contributed by atoms with Crippen LogP contribution < -0.4 is 11.1 Å². The Bertz CT molecular complexity index is 433. The zero-order chi connectivity index (χ0) is 14.9. The number of carbonyl (C=O) groups excluding carboxylic acids is 2. The Balaban J connectivity index is 1.90. The molecule has 1 heterocycles. The van der Waals surface area contributed by atoms with Gasteiger partial charge >= 0.3 is 12.0 Å². The summed E-state index contributed by atoms with van der Waals surface area (Å²) in [5.74, 6) is -1.57. The van der Waals surface area contributed by atoms with E-state index in [1.54, 1.807) is 4.90 Å². The molecule has 2 fully saturated rings. The molecule has 2 aliphatic rings. The lowest BCUT2D eigenvalue weighted by molar-refractivity contribution is -0.143. The van der Waals surface area contributed by atoms with Crippen molar-refractivity contribution in [2.75, 3.05) is 13.1 Å². The van der Waals surface area contributed by atoms with Gasteiger partial charge in [0.05, 0.1) is 11.3 Å². The fourth-order valence-electron chi connectivity index (χ4n) is 2.59. The largest absolute Gasteiger partial charge is 0.481 e. The second kappa shape index (κ2) is 5.30. The van der Waals surface area contributed by atoms with E-state index >= 15 is 0 Å². The number of carboxylic acids is 1. The van der Waals surface area contributed by atoms with Gasteiger partial charge in [-0.05, 0) is 32.6 Å². The summed E-state index contributed by atoms with van der Waals surface area (Å²) in [5.41, 5.74) is 4.51. The van der Waals surface area contributed by atoms with Crippen molar-refractivity contribution in [2.45, 2.75) is 38.6 Å². The highest BCUT2D eigenvalue weighted by molar-refractivity contribution is 5.81. The van der Waals surface area contributed by atoms with Gasteiger partial charge in [0.2, 0.25) is 5.91 Å². The van der Waals surface area contributed by atoms with E-state index in [0.717, 1.165) is 6.42 Å². The number of likely N-dealkylation sites (tertiary alicyclic amines) is 1. The zero-order valence-electron chi connectivity index (χ0n) is 11.6. The third-order valence-corrected chi connectivity index (χ3v) is 4.43. The van der Waals surface area contributed by atoms with Gasteiger partial charge in [-0.1, -0.05) is 0 Å². The summed E-state index contributed by atoms with van der Waals surface area (Å²) in [5, 5.41) is 11.7. The van der Waals surface area contributed by atoms with Crippen LogP contribution in [0.5, 0.6) is 0 Å². The third-order valence-electron chi connectivity index (χ3n) is 4.43. The predicted octanol–water partition coefficient (Wildman–Crippen LogP) is 0.147. The van der Waals surface area contributed by atoms with Gasteiger partial charge < -0.3 is 21.1 Å². The minimum atomic E-state index is -0.862. The number of nitrogens with one attached hydrogen (secondary N) is 1. The molecule has 2 rings (SSSR count). The molecule has 0 spiro atoms. The maximum Gasteiger partial charge on any atom is 0.317 e. The second-order valence-electron chi connectivity index (χ2n) is 5.92. The van der Waals surface area contributed by atoms with Crippen molar-refractivity contribution in [3.05, 3.63) is 0 Å². The SMILES string of the molecule is CC1CCC(C(N)=O)CN1C(=O)NCC1(C(=O)O)CC1. The lowest BCUT2D eigenvalue weighted by atomic mass is 9.93. The van der Waals surface area contributed by atoms with E-state index in [9.17, 15) is 14.4 Å². The molecule has 1 saturated carbocycles. The van der Waals surface area contributed by atoms with Crippen molar-refractivity contribution in [2.24, 2.45) is 17.1 Å². The number of hydrogen-bond acceptors (Lipinski definition) is 3. The first kappa shape index (κ1) is 14.6. The fraction of sp³-hybridized carbons (Fsp3) is 0.769. The Morgan fingerprint density at radius 2 is 2.00 bits per heavy atom. The molecular weight excluding hydrogens is 262 g/mol. The minimum absolute atomic E-state index is 0.0329. The Labute approximate surface area is 117 Å². The van der Waals surface area contributed by atoms with Gasteiger partial charge in [-0.25, -0.2) is 4.79 Å². The van der Waals surface area contributed by atoms with Gasteiger partial charge in [0.15, 0.2) is 0 Å². The lowest BCUT2D eigenvalue weighted by Crippen LogP contribution is -2.53. The number of piperidine rings is 1. The van der Waals surface area contributed by atoms with Crippen LogP contribution in [0, 0.1) is 11.3 Å². The highest BCUT2D eigenvalue weighted by Crippen LogP contribution is 2.45. The van der Waals surface area contributed by atoms with Crippen molar-refractivity contribution in [3.8, 4) is 0 Å². The number of primary amides is 1. The van der Waals surface area contributed by atoms with Gasteiger partial charge in [0.1, 0.15) is 0 Å². The number of carbonyl (C=O) groups is 3. The van der Waals surface area contributed by atoms with Crippen LogP contribution in [0.3, 0.4) is 0 Å². The highest BCUT2D eigenvalue weighted by Gasteiger charge is 2.50. The van der Waals surface area contributed by atoms with Crippen molar-refractivity contribution in [3.63, 3.8) is 0 Å². The van der Waals surface area contributed by atoms with Gasteiger partial charge in [0, 0.05) is 19.1 Å². The molecule has 2 atom stereocenters. The van der Waals surface area contributed by atoms with Crippen LogP contribution in [-0.2, 0) is 9.59 Å². The third kappa shape index (κ3) is 2.86. The van der Waals surface area contributed by atoms with E-state index in [2.05, 4.69) is 5.32 Å². The van der Waals surface area contributed by atoms with E-state index in [1.165, 1.54) is 0 Å². The summed E-state index contributed by atoms with van der Waals surface area (Å²) in [6.07, 6.45) is 2.62. The standard InChI is InChI=1S/C13H21N3O4/c1-8-2-3-9(10(14)17)6-16(8)12(20)15-7-13(4-5-13)11(18)19/h8-9H,2-7H2,1H3,(H2,14,17)(H,15,20)(H,18,19). The van der Waals surface area contributed by atoms with Gasteiger partial charge in [0.25, 0.3) is 0 Å². The Kier molecular flexibility index (Phi) is 3.87. The molecule has 7 nitrogen and oxygen atoms in total. The molecular formula is C13H21N3O4. The number of amides is 3. The molecule has 2 unspecified atom stereocenters. The monoisotopic (exact) mass is 283 g/mol. The molecule has 0 bridgehead atoms. The molecule has 0 aromatic carbocycles. The lowest BCUT2D eigenvalue weighted by Gasteiger charge is -2.37. The van der Waals surface area contributed by atoms with E-state index in [1.807, 2.05) is 6.92 Å². The summed E-state index contributed by atoms with van der Waals surface area (Å²) in [6.45, 7) is 2.37. The Morgan fingerprint density at radius 1 is 1.35 bits per heavy atom. The molecule has 1 aliphatic heterocycles. The van der Waals surface area contributed by atoms with Crippen LogP contribution in [0.4, 0.5) is 4.79 Å². The second-order valence-corrected chi connectivity index (χ2v) is 5.92. The Morgan fingerprint density at radius 3 is 2.50 bits per heavy atom. The zero-order valence-corrected chi connectivity index (χ0v) is 11.6. The van der Waals surface area contributed by atoms with Crippen molar-refractivity contribution in [1.29, 1.82) is 0 Å². The molecule has 0 aromatic rings. The van der Waals surface area contributed by atoms with Crippen LogP contribution in [0.25, 0.3) is 0 Å². The normalized spacial score (nSPS) is 27.8. The van der Waals surface area contributed by atoms with Crippen LogP contribution in [-0.4, -0.2) is 47.0 Å². The van der Waals surface area contributed by atoms with Gasteiger partial charge in [-0.3, -0.25) is 9.59 Å². The van der Waals surface area contributed by atoms with Crippen molar-refractivity contribution >= 4 is 17.9 Å². The maximum absolute atomic E-state index is 12.1. The predicted molar refractivity (Wildman–Crippen MR) is 70.8 cm³/mol. The average molecular weight is 283 g/mol. The number of nitrogens with two attached hydrogens (primary N) is 1. The first-order chi connectivity index (χ1) is 9.35. The molecule has 4 N–H and O–H groups in total. The fourth-order valence-corrected chi connectivity index (χ4v) is 2.59. The quantitative estimate of drug-likeness (QED) is 0.681. The topological polar surface area (TPSA) is 113 Å². The maximum atomic E-state index is 12.1. The summed E-state index contributed by atoms with van der Waals surface area (Å²) in [7, 11) is 0. The van der Waals surface area contributed by atoms with Crippen molar-refractivity contribution in [1.82, 2.24) is 10.2 Å². The minimum Gasteiger partial charge on any atom is -0.481 e. The van der Waals surface area contributed by atoms with Crippen LogP contribution >= 0.6 is 0 Å². The van der Waals surface area contributed by atoms with E-state index in [4.69, 9.17) is 10.8 Å². The summed E-state index contributed by atoms with van der Waals surface area (Å²) >= 11 is 0. The summed E-state index contributed by atoms with van der Waals surface area (Å²) in [4.78, 5) is 36.0. The van der Waals surface area contributed by atoms with Crippen LogP contribution in [0.15, 0.2) is 0 Å². The molecule has 112 valence electrons. The first-order valence-corrected chi connectivity index (χ1v) is 6.93. The molecule has 3 amide bonds. The smallest absolute Gasteiger partial charge is 0.317 e. The number of nitrogens with zero attached hydrogens (tertiary/aromatic N) is 1. The van der Waals surface area contributed by atoms with Crippen molar-refractivity contribution < 1.29 is 19.5 Å².